The fourth-order valence-electron chi connectivity index (χ4n) is 4.27. The van der Waals surface area contributed by atoms with Gasteiger partial charge >= 0.3 is 0 Å². The average molecular weight is 276 g/mol. The highest BCUT2D eigenvalue weighted by atomic mass is 16.5. The Morgan fingerprint density at radius 3 is 2.70 bits per heavy atom. The number of nitrogens with one attached hydrogen (secondary N) is 1. The number of hydrogen-bond acceptors (Lipinski definition) is 5. The molecule has 0 amide bonds. The van der Waals surface area contributed by atoms with Gasteiger partial charge in [-0.1, -0.05) is 5.16 Å². The van der Waals surface area contributed by atoms with Crippen molar-refractivity contribution in [2.45, 2.75) is 62.4 Å². The SMILES string of the molecule is CN1C2CCC1CC(c1noc(C3(C)CCNC3)n1)C2. The number of rotatable bonds is 2. The van der Waals surface area contributed by atoms with E-state index in [9.17, 15) is 0 Å². The lowest BCUT2D eigenvalue weighted by Gasteiger charge is -2.34. The second-order valence-electron chi connectivity index (χ2n) is 7.16. The maximum absolute atomic E-state index is 5.61. The Hall–Kier alpha value is -0.940. The van der Waals surface area contributed by atoms with E-state index in [0.29, 0.717) is 5.92 Å². The van der Waals surface area contributed by atoms with Crippen LogP contribution < -0.4 is 5.32 Å². The molecule has 3 atom stereocenters. The molecule has 0 aromatic carbocycles. The molecule has 3 aliphatic heterocycles. The minimum atomic E-state index is 0.0374. The van der Waals surface area contributed by atoms with Crippen LogP contribution >= 0.6 is 0 Å². The first-order chi connectivity index (χ1) is 9.66. The van der Waals surface area contributed by atoms with E-state index in [0.717, 1.165) is 43.3 Å². The van der Waals surface area contributed by atoms with E-state index >= 15 is 0 Å². The molecule has 3 fully saturated rings. The van der Waals surface area contributed by atoms with Crippen LogP contribution in [0, 0.1) is 0 Å². The molecule has 4 heterocycles. The molecule has 4 rings (SSSR count). The van der Waals surface area contributed by atoms with Gasteiger partial charge in [-0.15, -0.1) is 0 Å². The number of hydrogen-bond donors (Lipinski definition) is 1. The number of fused-ring (bicyclic) bond motifs is 2. The van der Waals surface area contributed by atoms with Crippen LogP contribution in [0.5, 0.6) is 0 Å². The molecule has 0 saturated carbocycles. The van der Waals surface area contributed by atoms with Crippen molar-refractivity contribution in [2.75, 3.05) is 20.1 Å². The lowest BCUT2D eigenvalue weighted by molar-refractivity contribution is 0.157. The van der Waals surface area contributed by atoms with Crippen molar-refractivity contribution in [3.63, 3.8) is 0 Å². The second kappa shape index (κ2) is 4.53. The van der Waals surface area contributed by atoms with Crippen molar-refractivity contribution in [1.82, 2.24) is 20.4 Å². The summed E-state index contributed by atoms with van der Waals surface area (Å²) in [6.45, 7) is 4.22. The Morgan fingerprint density at radius 1 is 1.30 bits per heavy atom. The molecule has 5 nitrogen and oxygen atoms in total. The average Bonchev–Trinajstić information content (AvgIpc) is 3.11. The van der Waals surface area contributed by atoms with Gasteiger partial charge in [0, 0.05) is 24.5 Å². The number of nitrogens with zero attached hydrogens (tertiary/aromatic N) is 3. The van der Waals surface area contributed by atoms with E-state index in [1.54, 1.807) is 0 Å². The maximum Gasteiger partial charge on any atom is 0.233 e. The lowest BCUT2D eigenvalue weighted by Crippen LogP contribution is -2.39. The molecule has 1 aromatic rings. The molecular weight excluding hydrogens is 252 g/mol. The predicted molar refractivity (Wildman–Crippen MR) is 75.7 cm³/mol. The molecule has 1 N–H and O–H groups in total. The van der Waals surface area contributed by atoms with Crippen LogP contribution in [-0.4, -0.2) is 47.3 Å². The largest absolute Gasteiger partial charge is 0.339 e. The zero-order valence-corrected chi connectivity index (χ0v) is 12.4. The number of piperidine rings is 1. The van der Waals surface area contributed by atoms with Crippen molar-refractivity contribution in [2.24, 2.45) is 0 Å². The van der Waals surface area contributed by atoms with Crippen LogP contribution in [0.1, 0.15) is 56.7 Å². The highest BCUT2D eigenvalue weighted by Gasteiger charge is 2.42. The van der Waals surface area contributed by atoms with E-state index < -0.39 is 0 Å². The van der Waals surface area contributed by atoms with E-state index in [4.69, 9.17) is 9.51 Å². The summed E-state index contributed by atoms with van der Waals surface area (Å²) in [5.41, 5.74) is 0.0374. The summed E-state index contributed by atoms with van der Waals surface area (Å²) in [5.74, 6) is 2.29. The maximum atomic E-state index is 5.61. The second-order valence-corrected chi connectivity index (χ2v) is 7.16. The fourth-order valence-corrected chi connectivity index (χ4v) is 4.27. The van der Waals surface area contributed by atoms with Crippen molar-refractivity contribution in [3.8, 4) is 0 Å². The van der Waals surface area contributed by atoms with Crippen LogP contribution in [0.3, 0.4) is 0 Å². The first-order valence-electron chi connectivity index (χ1n) is 7.92. The summed E-state index contributed by atoms with van der Waals surface area (Å²) >= 11 is 0. The Kier molecular flexibility index (Phi) is 2.89. The molecule has 0 radical (unpaired) electrons. The molecular formula is C15H24N4O. The molecule has 1 aromatic heterocycles. The fraction of sp³-hybridized carbons (Fsp3) is 0.867. The zero-order chi connectivity index (χ0) is 13.7. The summed E-state index contributed by atoms with van der Waals surface area (Å²) in [6, 6.07) is 1.45. The molecule has 0 aliphatic carbocycles. The van der Waals surface area contributed by atoms with E-state index in [1.807, 2.05) is 0 Å². The van der Waals surface area contributed by atoms with Gasteiger partial charge in [-0.25, -0.2) is 0 Å². The first-order valence-corrected chi connectivity index (χ1v) is 7.92. The van der Waals surface area contributed by atoms with Gasteiger partial charge in [0.25, 0.3) is 0 Å². The Bertz CT molecular complexity index is 480. The monoisotopic (exact) mass is 276 g/mol. The lowest BCUT2D eigenvalue weighted by atomic mass is 9.89. The standard InChI is InChI=1S/C15H24N4O/c1-15(5-6-16-9-15)14-17-13(18-20-14)10-7-11-3-4-12(8-10)19(11)2/h10-12,16H,3-9H2,1-2H3. The van der Waals surface area contributed by atoms with Crippen LogP contribution in [0.4, 0.5) is 0 Å². The first kappa shape index (κ1) is 12.8. The van der Waals surface area contributed by atoms with Gasteiger partial charge < -0.3 is 14.7 Å². The van der Waals surface area contributed by atoms with Gasteiger partial charge in [-0.05, 0) is 52.6 Å². The van der Waals surface area contributed by atoms with Crippen LogP contribution in [0.15, 0.2) is 4.52 Å². The summed E-state index contributed by atoms with van der Waals surface area (Å²) < 4.78 is 5.61. The Morgan fingerprint density at radius 2 is 2.05 bits per heavy atom. The van der Waals surface area contributed by atoms with Gasteiger partial charge in [0.05, 0.1) is 5.41 Å². The van der Waals surface area contributed by atoms with Crippen molar-refractivity contribution < 1.29 is 4.52 Å². The highest BCUT2D eigenvalue weighted by molar-refractivity contribution is 5.11. The quantitative estimate of drug-likeness (QED) is 0.890. The molecule has 5 heteroatoms. The minimum Gasteiger partial charge on any atom is -0.339 e. The third kappa shape index (κ3) is 1.91. The summed E-state index contributed by atoms with van der Waals surface area (Å²) in [6.07, 6.45) is 6.16. The Balaban J connectivity index is 1.54. The highest BCUT2D eigenvalue weighted by Crippen LogP contribution is 2.41. The van der Waals surface area contributed by atoms with E-state index in [-0.39, 0.29) is 5.41 Å². The van der Waals surface area contributed by atoms with Crippen LogP contribution in [0.25, 0.3) is 0 Å². The van der Waals surface area contributed by atoms with Crippen molar-refractivity contribution >= 4 is 0 Å². The zero-order valence-electron chi connectivity index (χ0n) is 12.4. The van der Waals surface area contributed by atoms with Crippen molar-refractivity contribution in [1.29, 1.82) is 0 Å². The van der Waals surface area contributed by atoms with Gasteiger partial charge in [-0.3, -0.25) is 0 Å². The molecule has 3 aliphatic rings. The Labute approximate surface area is 120 Å². The van der Waals surface area contributed by atoms with Crippen LogP contribution in [0.2, 0.25) is 0 Å². The summed E-state index contributed by atoms with van der Waals surface area (Å²) in [7, 11) is 2.27. The molecule has 3 unspecified atom stereocenters. The van der Waals surface area contributed by atoms with Gasteiger partial charge in [0.2, 0.25) is 5.89 Å². The van der Waals surface area contributed by atoms with E-state index in [2.05, 4.69) is 29.3 Å². The third-order valence-corrected chi connectivity index (χ3v) is 5.79. The molecule has 110 valence electrons. The minimum absolute atomic E-state index is 0.0374. The summed E-state index contributed by atoms with van der Waals surface area (Å²) in [5, 5.41) is 7.71. The van der Waals surface area contributed by atoms with Gasteiger partial charge in [0.15, 0.2) is 5.82 Å². The smallest absolute Gasteiger partial charge is 0.233 e. The van der Waals surface area contributed by atoms with Gasteiger partial charge in [0.1, 0.15) is 0 Å². The third-order valence-electron chi connectivity index (χ3n) is 5.79. The number of aromatic nitrogens is 2. The molecule has 2 bridgehead atoms. The van der Waals surface area contributed by atoms with Crippen LogP contribution in [-0.2, 0) is 5.41 Å². The molecule has 0 spiro atoms. The molecule has 3 saturated heterocycles. The van der Waals surface area contributed by atoms with Gasteiger partial charge in [-0.2, -0.15) is 4.98 Å². The normalized spacial score (nSPS) is 41.4. The predicted octanol–water partition coefficient (Wildman–Crippen LogP) is 1.66. The topological polar surface area (TPSA) is 54.2 Å². The summed E-state index contributed by atoms with van der Waals surface area (Å²) in [4.78, 5) is 7.33. The van der Waals surface area contributed by atoms with Crippen molar-refractivity contribution in [3.05, 3.63) is 11.7 Å². The molecule has 20 heavy (non-hydrogen) atoms. The van der Waals surface area contributed by atoms with E-state index in [1.165, 1.54) is 25.7 Å².